The van der Waals surface area contributed by atoms with E-state index in [-0.39, 0.29) is 0 Å². The summed E-state index contributed by atoms with van der Waals surface area (Å²) >= 11 is 0. The number of carbonyl (C=O) groups is 1. The van der Waals surface area contributed by atoms with E-state index in [2.05, 4.69) is 10.6 Å². The Morgan fingerprint density at radius 3 is 1.97 bits per heavy atom. The van der Waals surface area contributed by atoms with Crippen LogP contribution in [0.3, 0.4) is 0 Å². The molecular weight excluding hydrogens is 419 g/mol. The largest absolute Gasteiger partial charge is 0.511 e. The van der Waals surface area contributed by atoms with Crippen LogP contribution >= 0.6 is 0 Å². The van der Waals surface area contributed by atoms with E-state index < -0.39 is 39.6 Å². The molecule has 162 valence electrons. The number of carbonyl (C=O) groups excluding carboxylic acids is 1. The fraction of sp³-hybridized carbons (Fsp3) is 0.350. The first-order chi connectivity index (χ1) is 14.2. The minimum atomic E-state index is -5.67. The molecule has 1 aliphatic heterocycles. The Balaban J connectivity index is 2.02. The van der Waals surface area contributed by atoms with Crippen molar-refractivity contribution in [1.29, 1.82) is 0 Å². The summed E-state index contributed by atoms with van der Waals surface area (Å²) in [4.78, 5) is 12.8. The zero-order valence-corrected chi connectivity index (χ0v) is 16.7. The van der Waals surface area contributed by atoms with E-state index in [0.717, 1.165) is 6.42 Å². The Kier molecular flexibility index (Phi) is 6.79. The quantitative estimate of drug-likeness (QED) is 0.617. The SMILES string of the molecule is O=C(N[C@@H](c1ccccc1)[C@H](NS(=O)(=O)C(F)(F)F)c1ccccc1)[C@@H]1CCCN1. The van der Waals surface area contributed by atoms with Crippen LogP contribution in [0.25, 0.3) is 0 Å². The molecule has 1 saturated heterocycles. The van der Waals surface area contributed by atoms with Gasteiger partial charge in [0.2, 0.25) is 5.91 Å². The van der Waals surface area contributed by atoms with E-state index in [0.29, 0.717) is 24.1 Å². The number of rotatable bonds is 7. The molecule has 3 rings (SSSR count). The van der Waals surface area contributed by atoms with Crippen LogP contribution in [0.5, 0.6) is 0 Å². The van der Waals surface area contributed by atoms with Crippen LogP contribution in [0.1, 0.15) is 36.1 Å². The van der Waals surface area contributed by atoms with Crippen molar-refractivity contribution in [2.45, 2.75) is 36.5 Å². The summed E-state index contributed by atoms with van der Waals surface area (Å²) in [7, 11) is -5.67. The zero-order valence-electron chi connectivity index (χ0n) is 15.9. The van der Waals surface area contributed by atoms with Crippen LogP contribution in [0, 0.1) is 0 Å². The molecule has 30 heavy (non-hydrogen) atoms. The van der Waals surface area contributed by atoms with Gasteiger partial charge in [-0.05, 0) is 30.5 Å². The Morgan fingerprint density at radius 1 is 0.967 bits per heavy atom. The number of hydrogen-bond donors (Lipinski definition) is 3. The zero-order chi connectivity index (χ0) is 21.8. The third-order valence-corrected chi connectivity index (χ3v) is 6.09. The van der Waals surface area contributed by atoms with E-state index >= 15 is 0 Å². The van der Waals surface area contributed by atoms with Crippen molar-refractivity contribution in [2.24, 2.45) is 0 Å². The van der Waals surface area contributed by atoms with Crippen LogP contribution in [0.2, 0.25) is 0 Å². The third kappa shape index (κ3) is 5.18. The molecule has 2 aromatic carbocycles. The minimum absolute atomic E-state index is 0.291. The van der Waals surface area contributed by atoms with Gasteiger partial charge in [0.25, 0.3) is 0 Å². The van der Waals surface area contributed by atoms with Crippen molar-refractivity contribution in [3.8, 4) is 0 Å². The summed E-state index contributed by atoms with van der Waals surface area (Å²) in [6.07, 6.45) is 1.40. The second-order valence-corrected chi connectivity index (χ2v) is 8.71. The van der Waals surface area contributed by atoms with Gasteiger partial charge in [0.1, 0.15) is 0 Å². The molecule has 0 aromatic heterocycles. The second-order valence-electron chi connectivity index (χ2n) is 7.00. The lowest BCUT2D eigenvalue weighted by molar-refractivity contribution is -0.123. The van der Waals surface area contributed by atoms with Crippen molar-refractivity contribution < 1.29 is 26.4 Å². The van der Waals surface area contributed by atoms with Gasteiger partial charge in [0.05, 0.1) is 18.1 Å². The van der Waals surface area contributed by atoms with Crippen LogP contribution in [-0.2, 0) is 14.8 Å². The van der Waals surface area contributed by atoms with Gasteiger partial charge in [-0.15, -0.1) is 0 Å². The summed E-state index contributed by atoms with van der Waals surface area (Å²) in [5.41, 5.74) is -4.72. The second kappa shape index (κ2) is 9.15. The van der Waals surface area contributed by atoms with Gasteiger partial charge < -0.3 is 10.6 Å². The van der Waals surface area contributed by atoms with Crippen LogP contribution in [-0.4, -0.2) is 32.4 Å². The third-order valence-electron chi connectivity index (χ3n) is 4.91. The fourth-order valence-electron chi connectivity index (χ4n) is 3.40. The lowest BCUT2D eigenvalue weighted by atomic mass is 9.93. The molecule has 0 saturated carbocycles. The van der Waals surface area contributed by atoms with E-state index in [9.17, 15) is 26.4 Å². The molecule has 0 radical (unpaired) electrons. The number of halogens is 3. The Hall–Kier alpha value is -2.43. The molecule has 1 fully saturated rings. The average Bonchev–Trinajstić information content (AvgIpc) is 3.26. The number of benzene rings is 2. The lowest BCUT2D eigenvalue weighted by Crippen LogP contribution is -2.48. The number of hydrogen-bond acceptors (Lipinski definition) is 4. The molecule has 0 bridgehead atoms. The first kappa shape index (κ1) is 22.3. The van der Waals surface area contributed by atoms with Gasteiger partial charge in [-0.2, -0.15) is 17.9 Å². The molecule has 0 unspecified atom stereocenters. The van der Waals surface area contributed by atoms with Crippen molar-refractivity contribution in [3.63, 3.8) is 0 Å². The first-order valence-electron chi connectivity index (χ1n) is 9.41. The molecule has 3 atom stereocenters. The van der Waals surface area contributed by atoms with Gasteiger partial charge in [0, 0.05) is 0 Å². The highest BCUT2D eigenvalue weighted by Crippen LogP contribution is 2.33. The topological polar surface area (TPSA) is 87.3 Å². The molecule has 6 nitrogen and oxygen atoms in total. The van der Waals surface area contributed by atoms with E-state index in [1.165, 1.54) is 12.1 Å². The van der Waals surface area contributed by atoms with Gasteiger partial charge in [0.15, 0.2) is 0 Å². The predicted molar refractivity (Wildman–Crippen MR) is 106 cm³/mol. The number of alkyl halides is 3. The monoisotopic (exact) mass is 441 g/mol. The van der Waals surface area contributed by atoms with Crippen LogP contribution < -0.4 is 15.4 Å². The summed E-state index contributed by atoms with van der Waals surface area (Å²) in [6, 6.07) is 13.3. The molecule has 0 aliphatic carbocycles. The smallest absolute Gasteiger partial charge is 0.346 e. The normalized spacial score (nSPS) is 19.2. The van der Waals surface area contributed by atoms with Crippen molar-refractivity contribution in [1.82, 2.24) is 15.4 Å². The number of amides is 1. The summed E-state index contributed by atoms with van der Waals surface area (Å²) in [5.74, 6) is -0.395. The predicted octanol–water partition coefficient (Wildman–Crippen LogP) is 2.78. The maximum Gasteiger partial charge on any atom is 0.511 e. The molecule has 1 aliphatic rings. The van der Waals surface area contributed by atoms with Crippen molar-refractivity contribution >= 4 is 15.9 Å². The van der Waals surface area contributed by atoms with Gasteiger partial charge >= 0.3 is 15.5 Å². The summed E-state index contributed by atoms with van der Waals surface area (Å²) in [6.45, 7) is 0.664. The van der Waals surface area contributed by atoms with Crippen LogP contribution in [0.15, 0.2) is 60.7 Å². The molecule has 2 aromatic rings. The van der Waals surface area contributed by atoms with Crippen molar-refractivity contribution in [3.05, 3.63) is 71.8 Å². The Labute approximate surface area is 172 Å². The van der Waals surface area contributed by atoms with Crippen LogP contribution in [0.4, 0.5) is 13.2 Å². The molecule has 0 spiro atoms. The van der Waals surface area contributed by atoms with Gasteiger partial charge in [-0.1, -0.05) is 60.7 Å². The fourth-order valence-corrected chi connectivity index (χ4v) is 4.14. The molecular formula is C20H22F3N3O3S. The summed E-state index contributed by atoms with van der Waals surface area (Å²) < 4.78 is 65.1. The van der Waals surface area contributed by atoms with Gasteiger partial charge in [-0.3, -0.25) is 4.79 Å². The highest BCUT2D eigenvalue weighted by Gasteiger charge is 2.48. The highest BCUT2D eigenvalue weighted by atomic mass is 32.2. The lowest BCUT2D eigenvalue weighted by Gasteiger charge is -2.30. The maximum atomic E-state index is 13.1. The molecule has 10 heteroatoms. The van der Waals surface area contributed by atoms with E-state index in [1.54, 1.807) is 53.3 Å². The average molecular weight is 441 g/mol. The standard InChI is InChI=1S/C20H22F3N3O3S/c21-20(22,23)30(28,29)26-18(15-10-5-2-6-11-15)17(14-8-3-1-4-9-14)25-19(27)16-12-7-13-24-16/h1-6,8-11,16-18,24,26H,7,12-13H2,(H,25,27)/t16-,17-,18+/m0/s1. The van der Waals surface area contributed by atoms with Gasteiger partial charge in [-0.25, -0.2) is 8.42 Å². The number of sulfonamides is 1. The summed E-state index contributed by atoms with van der Waals surface area (Å²) in [5, 5.41) is 5.79. The molecule has 1 heterocycles. The first-order valence-corrected chi connectivity index (χ1v) is 10.9. The molecule has 1 amide bonds. The molecule has 3 N–H and O–H groups in total. The van der Waals surface area contributed by atoms with E-state index in [1.807, 2.05) is 0 Å². The highest BCUT2D eigenvalue weighted by molar-refractivity contribution is 7.90. The Bertz CT molecular complexity index is 948. The van der Waals surface area contributed by atoms with E-state index in [4.69, 9.17) is 0 Å². The van der Waals surface area contributed by atoms with Crippen molar-refractivity contribution in [2.75, 3.05) is 6.54 Å². The Morgan fingerprint density at radius 2 is 1.50 bits per heavy atom. The maximum absolute atomic E-state index is 13.1. The number of nitrogens with one attached hydrogen (secondary N) is 3. The minimum Gasteiger partial charge on any atom is -0.346 e.